The van der Waals surface area contributed by atoms with Crippen LogP contribution >= 0.6 is 0 Å². The Morgan fingerprint density at radius 2 is 1.74 bits per heavy atom. The lowest BCUT2D eigenvalue weighted by atomic mass is 9.99. The average Bonchev–Trinajstić information content (AvgIpc) is 2.84. The highest BCUT2D eigenvalue weighted by Crippen LogP contribution is 2.22. The molecule has 1 aliphatic heterocycles. The number of nitrogens with one attached hydrogen (secondary N) is 1. The summed E-state index contributed by atoms with van der Waals surface area (Å²) in [6, 6.07) is 10.4. The molecule has 3 nitrogen and oxygen atoms in total. The van der Waals surface area contributed by atoms with Crippen LogP contribution in [-0.2, 0) is 4.79 Å². The van der Waals surface area contributed by atoms with Gasteiger partial charge in [0.25, 0.3) is 5.91 Å². The van der Waals surface area contributed by atoms with Crippen molar-refractivity contribution >= 4 is 17.8 Å². The molecule has 0 bridgehead atoms. The van der Waals surface area contributed by atoms with Gasteiger partial charge in [-0.25, -0.2) is 9.38 Å². The van der Waals surface area contributed by atoms with Gasteiger partial charge in [-0.05, 0) is 55.7 Å². The zero-order chi connectivity index (χ0) is 16.6. The first-order valence-electron chi connectivity index (χ1n) is 7.40. The Balaban J connectivity index is 2.04. The van der Waals surface area contributed by atoms with Crippen molar-refractivity contribution in [2.75, 3.05) is 0 Å². The standard InChI is InChI=1S/C19H17FN2O/c1-11-8-12(2)15(13(3)9-11)10-17-19(23)22-18(21-17)14-6-4-5-7-16(14)20/h4-10H,1-3H3,(H,21,22,23)/b17-10-. The molecule has 4 heteroatoms. The van der Waals surface area contributed by atoms with Gasteiger partial charge in [0.2, 0.25) is 0 Å². The van der Waals surface area contributed by atoms with Crippen LogP contribution in [0.5, 0.6) is 0 Å². The molecule has 0 fully saturated rings. The van der Waals surface area contributed by atoms with Gasteiger partial charge in [0.15, 0.2) is 0 Å². The zero-order valence-electron chi connectivity index (χ0n) is 13.3. The van der Waals surface area contributed by atoms with E-state index in [9.17, 15) is 9.18 Å². The molecule has 2 aromatic rings. The highest BCUT2D eigenvalue weighted by molar-refractivity contribution is 6.19. The molecule has 1 aliphatic rings. The Hall–Kier alpha value is -2.75. The summed E-state index contributed by atoms with van der Waals surface area (Å²) in [4.78, 5) is 16.4. The number of hydrogen-bond acceptors (Lipinski definition) is 2. The molecule has 0 unspecified atom stereocenters. The van der Waals surface area contributed by atoms with Gasteiger partial charge in [0, 0.05) is 0 Å². The number of rotatable bonds is 2. The fourth-order valence-electron chi connectivity index (χ4n) is 2.80. The molecule has 3 rings (SSSR count). The number of aliphatic imine (C=N–C) groups is 1. The third-order valence-corrected chi connectivity index (χ3v) is 3.84. The monoisotopic (exact) mass is 308 g/mol. The molecule has 0 saturated heterocycles. The van der Waals surface area contributed by atoms with Crippen LogP contribution in [0.25, 0.3) is 6.08 Å². The van der Waals surface area contributed by atoms with Gasteiger partial charge in [0.1, 0.15) is 17.3 Å². The minimum Gasteiger partial charge on any atom is -0.305 e. The minimum absolute atomic E-state index is 0.252. The lowest BCUT2D eigenvalue weighted by Crippen LogP contribution is -2.25. The van der Waals surface area contributed by atoms with Crippen molar-refractivity contribution in [3.8, 4) is 0 Å². The first-order chi connectivity index (χ1) is 11.0. The Morgan fingerprint density at radius 1 is 1.09 bits per heavy atom. The molecule has 0 radical (unpaired) electrons. The molecule has 2 aromatic carbocycles. The van der Waals surface area contributed by atoms with E-state index in [0.29, 0.717) is 11.3 Å². The van der Waals surface area contributed by atoms with E-state index in [-0.39, 0.29) is 11.7 Å². The third-order valence-electron chi connectivity index (χ3n) is 3.84. The lowest BCUT2D eigenvalue weighted by molar-refractivity contribution is -0.115. The molecular weight excluding hydrogens is 291 g/mol. The topological polar surface area (TPSA) is 41.5 Å². The van der Waals surface area contributed by atoms with Crippen LogP contribution in [0.4, 0.5) is 4.39 Å². The SMILES string of the molecule is Cc1cc(C)c(/C=C2\N=C(c3ccccc3F)NC2=O)c(C)c1. The maximum absolute atomic E-state index is 13.8. The number of benzene rings is 2. The van der Waals surface area contributed by atoms with Gasteiger partial charge < -0.3 is 5.32 Å². The van der Waals surface area contributed by atoms with Gasteiger partial charge in [-0.15, -0.1) is 0 Å². The lowest BCUT2D eigenvalue weighted by Gasteiger charge is -2.07. The van der Waals surface area contributed by atoms with Crippen molar-refractivity contribution in [3.05, 3.63) is 75.7 Å². The molecule has 1 N–H and O–H groups in total. The molecule has 23 heavy (non-hydrogen) atoms. The molecule has 116 valence electrons. The van der Waals surface area contributed by atoms with E-state index in [4.69, 9.17) is 0 Å². The molecule has 0 atom stereocenters. The maximum Gasteiger partial charge on any atom is 0.275 e. The summed E-state index contributed by atoms with van der Waals surface area (Å²) in [5.74, 6) is -0.472. The quantitative estimate of drug-likeness (QED) is 0.845. The third kappa shape index (κ3) is 2.93. The first-order valence-corrected chi connectivity index (χ1v) is 7.40. The van der Waals surface area contributed by atoms with Crippen molar-refractivity contribution in [2.45, 2.75) is 20.8 Å². The minimum atomic E-state index is -0.407. The van der Waals surface area contributed by atoms with Crippen molar-refractivity contribution in [3.63, 3.8) is 0 Å². The number of amides is 1. The number of carbonyl (C=O) groups is 1. The molecule has 0 spiro atoms. The van der Waals surface area contributed by atoms with Crippen LogP contribution in [0, 0.1) is 26.6 Å². The van der Waals surface area contributed by atoms with Crippen molar-refractivity contribution in [1.29, 1.82) is 0 Å². The summed E-state index contributed by atoms with van der Waals surface area (Å²) in [7, 11) is 0. The number of amidine groups is 1. The second kappa shape index (κ2) is 5.80. The summed E-state index contributed by atoms with van der Waals surface area (Å²) in [6.45, 7) is 6.04. The number of nitrogens with zero attached hydrogens (tertiary/aromatic N) is 1. The van der Waals surface area contributed by atoms with Crippen LogP contribution < -0.4 is 5.32 Å². The van der Waals surface area contributed by atoms with Gasteiger partial charge in [-0.3, -0.25) is 4.79 Å². The zero-order valence-corrected chi connectivity index (χ0v) is 13.3. The molecule has 0 saturated carbocycles. The fourth-order valence-corrected chi connectivity index (χ4v) is 2.80. The Labute approximate surface area is 134 Å². The normalized spacial score (nSPS) is 15.7. The van der Waals surface area contributed by atoms with Crippen molar-refractivity contribution < 1.29 is 9.18 Å². The molecule has 0 aromatic heterocycles. The van der Waals surface area contributed by atoms with E-state index in [2.05, 4.69) is 22.4 Å². The summed E-state index contributed by atoms with van der Waals surface area (Å²) in [6.07, 6.45) is 1.76. The molecular formula is C19H17FN2O. The smallest absolute Gasteiger partial charge is 0.275 e. The van der Waals surface area contributed by atoms with E-state index in [0.717, 1.165) is 16.7 Å². The van der Waals surface area contributed by atoms with E-state index < -0.39 is 5.82 Å². The van der Waals surface area contributed by atoms with Crippen LogP contribution in [0.2, 0.25) is 0 Å². The fraction of sp³-hybridized carbons (Fsp3) is 0.158. The van der Waals surface area contributed by atoms with E-state index in [1.807, 2.05) is 20.8 Å². The van der Waals surface area contributed by atoms with E-state index in [1.54, 1.807) is 24.3 Å². The molecule has 0 aliphatic carbocycles. The summed E-state index contributed by atoms with van der Waals surface area (Å²) in [5, 5.41) is 2.63. The number of carbonyl (C=O) groups excluding carboxylic acids is 1. The van der Waals surface area contributed by atoms with Crippen molar-refractivity contribution in [1.82, 2.24) is 5.32 Å². The second-order valence-electron chi connectivity index (χ2n) is 5.74. The first kappa shape index (κ1) is 15.2. The summed E-state index contributed by atoms with van der Waals surface area (Å²) in [5.41, 5.74) is 4.89. The van der Waals surface area contributed by atoms with Crippen LogP contribution in [0.3, 0.4) is 0 Å². The van der Waals surface area contributed by atoms with E-state index >= 15 is 0 Å². The predicted octanol–water partition coefficient (Wildman–Crippen LogP) is 3.67. The summed E-state index contributed by atoms with van der Waals surface area (Å²) < 4.78 is 13.8. The number of aryl methyl sites for hydroxylation is 3. The summed E-state index contributed by atoms with van der Waals surface area (Å²) >= 11 is 0. The van der Waals surface area contributed by atoms with Gasteiger partial charge in [-0.2, -0.15) is 0 Å². The van der Waals surface area contributed by atoms with Gasteiger partial charge in [0.05, 0.1) is 5.56 Å². The molecule has 1 heterocycles. The van der Waals surface area contributed by atoms with Gasteiger partial charge >= 0.3 is 0 Å². The van der Waals surface area contributed by atoms with E-state index in [1.165, 1.54) is 11.6 Å². The second-order valence-corrected chi connectivity index (χ2v) is 5.74. The van der Waals surface area contributed by atoms with Crippen LogP contribution in [0.1, 0.15) is 27.8 Å². The Morgan fingerprint density at radius 3 is 2.39 bits per heavy atom. The van der Waals surface area contributed by atoms with Crippen molar-refractivity contribution in [2.24, 2.45) is 4.99 Å². The van der Waals surface area contributed by atoms with Gasteiger partial charge in [-0.1, -0.05) is 29.8 Å². The number of halogens is 1. The van der Waals surface area contributed by atoms with Crippen LogP contribution in [0.15, 0.2) is 47.1 Å². The Bertz CT molecular complexity index is 842. The highest BCUT2D eigenvalue weighted by atomic mass is 19.1. The Kier molecular flexibility index (Phi) is 3.82. The number of hydrogen-bond donors (Lipinski definition) is 1. The highest BCUT2D eigenvalue weighted by Gasteiger charge is 2.23. The molecule has 1 amide bonds. The van der Waals surface area contributed by atoms with Crippen LogP contribution in [-0.4, -0.2) is 11.7 Å². The largest absolute Gasteiger partial charge is 0.305 e. The predicted molar refractivity (Wildman–Crippen MR) is 89.7 cm³/mol. The average molecular weight is 308 g/mol. The maximum atomic E-state index is 13.8.